The zero-order valence-electron chi connectivity index (χ0n) is 16.1. The number of pyridine rings is 1. The molecule has 1 aliphatic rings. The number of hydrogen-bond donors (Lipinski definition) is 1. The van der Waals surface area contributed by atoms with Crippen molar-refractivity contribution in [2.75, 3.05) is 26.2 Å². The van der Waals surface area contributed by atoms with E-state index in [-0.39, 0.29) is 0 Å². The Morgan fingerprint density at radius 1 is 0.966 bits per heavy atom. The summed E-state index contributed by atoms with van der Waals surface area (Å²) < 4.78 is 2.27. The molecule has 1 N–H and O–H groups in total. The van der Waals surface area contributed by atoms with Gasteiger partial charge in [0.2, 0.25) is 0 Å². The molecule has 1 aliphatic heterocycles. The van der Waals surface area contributed by atoms with Crippen molar-refractivity contribution in [1.82, 2.24) is 19.6 Å². The SMILES string of the molecule is Clc1ccc(-c2nc3ccc(-c4ccsc4)cn3c2CN2CCCNCC2)cc1. The predicted molar refractivity (Wildman–Crippen MR) is 122 cm³/mol. The standard InChI is InChI=1S/C23H23ClN4S/c24-20-5-2-17(3-6-20)23-21(15-27-11-1-9-25-10-12-27)28-14-18(4-7-22(28)26-23)19-8-13-29-16-19/h2-8,13-14,16,25H,1,9-12,15H2. The summed E-state index contributed by atoms with van der Waals surface area (Å²) in [5, 5.41) is 8.56. The third-order valence-electron chi connectivity index (χ3n) is 5.50. The molecule has 5 rings (SSSR count). The Morgan fingerprint density at radius 3 is 2.66 bits per heavy atom. The van der Waals surface area contributed by atoms with Gasteiger partial charge >= 0.3 is 0 Å². The van der Waals surface area contributed by atoms with Crippen LogP contribution in [0.1, 0.15) is 12.1 Å². The number of hydrogen-bond acceptors (Lipinski definition) is 4. The van der Waals surface area contributed by atoms with Crippen LogP contribution in [0.5, 0.6) is 0 Å². The second-order valence-electron chi connectivity index (χ2n) is 7.45. The van der Waals surface area contributed by atoms with Gasteiger partial charge in [-0.1, -0.05) is 23.7 Å². The lowest BCUT2D eigenvalue weighted by Crippen LogP contribution is -2.28. The maximum absolute atomic E-state index is 6.13. The molecule has 0 amide bonds. The Bertz CT molecular complexity index is 1090. The fourth-order valence-corrected chi connectivity index (χ4v) is 4.75. The van der Waals surface area contributed by atoms with Crippen molar-refractivity contribution in [2.24, 2.45) is 0 Å². The van der Waals surface area contributed by atoms with E-state index in [1.807, 2.05) is 12.1 Å². The fraction of sp³-hybridized carbons (Fsp3) is 0.261. The minimum Gasteiger partial charge on any atom is -0.315 e. The third kappa shape index (κ3) is 3.96. The maximum atomic E-state index is 6.13. The molecule has 0 saturated carbocycles. The van der Waals surface area contributed by atoms with Gasteiger partial charge in [0.1, 0.15) is 5.65 Å². The van der Waals surface area contributed by atoms with Crippen molar-refractivity contribution >= 4 is 28.6 Å². The van der Waals surface area contributed by atoms with E-state index in [4.69, 9.17) is 16.6 Å². The van der Waals surface area contributed by atoms with Gasteiger partial charge in [-0.05, 0) is 71.7 Å². The van der Waals surface area contributed by atoms with Crippen molar-refractivity contribution in [3.8, 4) is 22.4 Å². The minimum atomic E-state index is 0.748. The lowest BCUT2D eigenvalue weighted by Gasteiger charge is -2.20. The lowest BCUT2D eigenvalue weighted by molar-refractivity contribution is 0.281. The number of thiophene rings is 1. The Kier molecular flexibility index (Phi) is 5.38. The van der Waals surface area contributed by atoms with E-state index in [9.17, 15) is 0 Å². The highest BCUT2D eigenvalue weighted by molar-refractivity contribution is 7.08. The van der Waals surface area contributed by atoms with E-state index in [2.05, 4.69) is 61.9 Å². The van der Waals surface area contributed by atoms with E-state index in [0.717, 1.165) is 54.7 Å². The van der Waals surface area contributed by atoms with Gasteiger partial charge in [0, 0.05) is 36.4 Å². The highest BCUT2D eigenvalue weighted by atomic mass is 35.5. The van der Waals surface area contributed by atoms with Crippen LogP contribution in [0.15, 0.2) is 59.4 Å². The molecule has 29 heavy (non-hydrogen) atoms. The van der Waals surface area contributed by atoms with Crippen LogP contribution < -0.4 is 5.32 Å². The van der Waals surface area contributed by atoms with Crippen LogP contribution in [0.25, 0.3) is 28.0 Å². The summed E-state index contributed by atoms with van der Waals surface area (Å²) in [6.07, 6.45) is 3.41. The first-order valence-corrected chi connectivity index (χ1v) is 11.3. The predicted octanol–water partition coefficient (Wildman–Crippen LogP) is 5.18. The molecular weight excluding hydrogens is 400 g/mol. The lowest BCUT2D eigenvalue weighted by atomic mass is 10.1. The normalized spacial score (nSPS) is 15.6. The molecule has 0 atom stereocenters. The Balaban J connectivity index is 1.62. The summed E-state index contributed by atoms with van der Waals surface area (Å²) in [7, 11) is 0. The van der Waals surface area contributed by atoms with E-state index in [1.165, 1.54) is 23.2 Å². The summed E-state index contributed by atoms with van der Waals surface area (Å²) in [5.41, 5.74) is 6.85. The van der Waals surface area contributed by atoms with Crippen LogP contribution in [0.2, 0.25) is 5.02 Å². The molecular formula is C23H23ClN4S. The molecule has 1 aromatic carbocycles. The summed E-state index contributed by atoms with van der Waals surface area (Å²) in [6.45, 7) is 5.17. The van der Waals surface area contributed by atoms with E-state index in [1.54, 1.807) is 11.3 Å². The van der Waals surface area contributed by atoms with Gasteiger partial charge in [-0.3, -0.25) is 4.90 Å². The molecule has 0 spiro atoms. The van der Waals surface area contributed by atoms with Crippen LogP contribution in [0.4, 0.5) is 0 Å². The zero-order valence-corrected chi connectivity index (χ0v) is 17.7. The number of rotatable bonds is 4. The van der Waals surface area contributed by atoms with Crippen molar-refractivity contribution in [3.63, 3.8) is 0 Å². The quantitative estimate of drug-likeness (QED) is 0.492. The number of imidazole rings is 1. The summed E-state index contributed by atoms with van der Waals surface area (Å²) in [6, 6.07) is 14.5. The first-order chi connectivity index (χ1) is 14.3. The molecule has 4 nitrogen and oxygen atoms in total. The molecule has 0 aliphatic carbocycles. The van der Waals surface area contributed by atoms with Crippen LogP contribution in [0.3, 0.4) is 0 Å². The van der Waals surface area contributed by atoms with Gasteiger partial charge in [-0.25, -0.2) is 4.98 Å². The first-order valence-electron chi connectivity index (χ1n) is 10.0. The Labute approximate surface area is 179 Å². The van der Waals surface area contributed by atoms with Gasteiger partial charge < -0.3 is 9.72 Å². The van der Waals surface area contributed by atoms with Crippen molar-refractivity contribution in [2.45, 2.75) is 13.0 Å². The maximum Gasteiger partial charge on any atom is 0.137 e. The molecule has 1 saturated heterocycles. The summed E-state index contributed by atoms with van der Waals surface area (Å²) in [5.74, 6) is 0. The topological polar surface area (TPSA) is 32.6 Å². The molecule has 3 aromatic heterocycles. The number of benzene rings is 1. The van der Waals surface area contributed by atoms with Crippen molar-refractivity contribution in [3.05, 3.63) is 70.1 Å². The molecule has 0 radical (unpaired) electrons. The Hall–Kier alpha value is -2.18. The van der Waals surface area contributed by atoms with Gasteiger partial charge in [-0.15, -0.1) is 0 Å². The van der Waals surface area contributed by atoms with Crippen LogP contribution >= 0.6 is 22.9 Å². The van der Waals surface area contributed by atoms with E-state index >= 15 is 0 Å². The molecule has 6 heteroatoms. The van der Waals surface area contributed by atoms with Crippen molar-refractivity contribution in [1.29, 1.82) is 0 Å². The molecule has 148 valence electrons. The second kappa shape index (κ2) is 8.28. The second-order valence-corrected chi connectivity index (χ2v) is 8.67. The number of fused-ring (bicyclic) bond motifs is 1. The average Bonchev–Trinajstić information content (AvgIpc) is 3.31. The van der Waals surface area contributed by atoms with Gasteiger partial charge in [0.25, 0.3) is 0 Å². The number of aromatic nitrogens is 2. The largest absolute Gasteiger partial charge is 0.315 e. The van der Waals surface area contributed by atoms with E-state index in [0.29, 0.717) is 0 Å². The molecule has 0 bridgehead atoms. The molecule has 1 fully saturated rings. The average molecular weight is 423 g/mol. The smallest absolute Gasteiger partial charge is 0.137 e. The van der Waals surface area contributed by atoms with Gasteiger partial charge in [0.05, 0.1) is 11.4 Å². The number of nitrogens with zero attached hydrogens (tertiary/aromatic N) is 3. The summed E-state index contributed by atoms with van der Waals surface area (Å²) in [4.78, 5) is 7.53. The first kappa shape index (κ1) is 18.8. The van der Waals surface area contributed by atoms with Gasteiger partial charge in [0.15, 0.2) is 0 Å². The van der Waals surface area contributed by atoms with Crippen LogP contribution in [-0.2, 0) is 6.54 Å². The van der Waals surface area contributed by atoms with Crippen molar-refractivity contribution < 1.29 is 0 Å². The zero-order chi connectivity index (χ0) is 19.6. The highest BCUT2D eigenvalue weighted by Crippen LogP contribution is 2.29. The van der Waals surface area contributed by atoms with Gasteiger partial charge in [-0.2, -0.15) is 11.3 Å². The third-order valence-corrected chi connectivity index (χ3v) is 6.43. The monoisotopic (exact) mass is 422 g/mol. The summed E-state index contributed by atoms with van der Waals surface area (Å²) >= 11 is 7.86. The molecule has 4 aromatic rings. The van der Waals surface area contributed by atoms with Crippen LogP contribution in [0, 0.1) is 0 Å². The molecule has 0 unspecified atom stereocenters. The number of halogens is 1. The van der Waals surface area contributed by atoms with E-state index < -0.39 is 0 Å². The number of nitrogens with one attached hydrogen (secondary N) is 1. The Morgan fingerprint density at radius 2 is 1.83 bits per heavy atom. The minimum absolute atomic E-state index is 0.748. The fourth-order valence-electron chi connectivity index (χ4n) is 3.95. The van der Waals surface area contributed by atoms with Crippen LogP contribution in [-0.4, -0.2) is 40.5 Å². The molecule has 4 heterocycles. The highest BCUT2D eigenvalue weighted by Gasteiger charge is 2.18.